The van der Waals surface area contributed by atoms with E-state index in [-0.39, 0.29) is 18.1 Å². The standard InChI is InChI=1S/C36H43N3O3/c1-26-8-5-12-29(22-26)35(41)25-31-24-30(36(42)37-17-7-11-28-10-6-13-32(40)23-28)15-16-34(31)39-20-18-38(19-21-39)33-14-4-3-9-27(33)2/h3-5,8-9,12,14-16,22,24,28H,6-7,10-11,13,17-21,23,25H2,1-2H3,(H,37,42). The Morgan fingerprint density at radius 3 is 2.36 bits per heavy atom. The lowest BCUT2D eigenvalue weighted by Gasteiger charge is -2.38. The smallest absolute Gasteiger partial charge is 0.251 e. The first-order valence-electron chi connectivity index (χ1n) is 15.5. The lowest BCUT2D eigenvalue weighted by Crippen LogP contribution is -2.47. The van der Waals surface area contributed by atoms with E-state index in [0.717, 1.165) is 75.1 Å². The van der Waals surface area contributed by atoms with E-state index in [1.54, 1.807) is 0 Å². The van der Waals surface area contributed by atoms with Gasteiger partial charge in [-0.1, -0.05) is 42.0 Å². The molecule has 2 aliphatic rings. The second-order valence-electron chi connectivity index (χ2n) is 12.0. The molecule has 1 unspecified atom stereocenters. The van der Waals surface area contributed by atoms with E-state index in [2.05, 4.69) is 46.3 Å². The van der Waals surface area contributed by atoms with Crippen LogP contribution in [0.15, 0.2) is 66.7 Å². The lowest BCUT2D eigenvalue weighted by molar-refractivity contribution is -0.121. The third-order valence-corrected chi connectivity index (χ3v) is 8.77. The Labute approximate surface area is 250 Å². The van der Waals surface area contributed by atoms with Gasteiger partial charge < -0.3 is 15.1 Å². The third-order valence-electron chi connectivity index (χ3n) is 8.77. The number of nitrogens with zero attached hydrogens (tertiary/aromatic N) is 2. The predicted molar refractivity (Wildman–Crippen MR) is 170 cm³/mol. The SMILES string of the molecule is Cc1cccc(C(=O)Cc2cc(C(=O)NCCCC3CCCC(=O)C3)ccc2N2CCN(c3ccccc3C)CC2)c1. The largest absolute Gasteiger partial charge is 0.368 e. The van der Waals surface area contributed by atoms with E-state index in [0.29, 0.717) is 35.8 Å². The van der Waals surface area contributed by atoms with E-state index in [4.69, 9.17) is 0 Å². The summed E-state index contributed by atoms with van der Waals surface area (Å²) in [6.45, 7) is 8.20. The summed E-state index contributed by atoms with van der Waals surface area (Å²) in [4.78, 5) is 43.1. The van der Waals surface area contributed by atoms with E-state index in [1.807, 2.05) is 49.4 Å². The van der Waals surface area contributed by atoms with Gasteiger partial charge in [0, 0.05) is 74.5 Å². The fraction of sp³-hybridized carbons (Fsp3) is 0.417. The van der Waals surface area contributed by atoms with Crippen LogP contribution in [-0.4, -0.2) is 50.2 Å². The molecule has 1 saturated carbocycles. The maximum Gasteiger partial charge on any atom is 0.251 e. The van der Waals surface area contributed by atoms with Crippen molar-refractivity contribution < 1.29 is 14.4 Å². The molecule has 42 heavy (non-hydrogen) atoms. The first-order valence-corrected chi connectivity index (χ1v) is 15.5. The molecular weight excluding hydrogens is 522 g/mol. The summed E-state index contributed by atoms with van der Waals surface area (Å²) in [5, 5.41) is 3.07. The number of para-hydroxylation sites is 1. The maximum atomic E-state index is 13.4. The number of Topliss-reactive ketones (excluding diaryl/α,β-unsaturated/α-hetero) is 2. The molecule has 1 aliphatic carbocycles. The average molecular weight is 566 g/mol. The van der Waals surface area contributed by atoms with Gasteiger partial charge in [-0.25, -0.2) is 0 Å². The van der Waals surface area contributed by atoms with Gasteiger partial charge >= 0.3 is 0 Å². The molecule has 3 aromatic rings. The van der Waals surface area contributed by atoms with Crippen LogP contribution in [-0.2, 0) is 11.2 Å². The van der Waals surface area contributed by atoms with Crippen LogP contribution in [0.25, 0.3) is 0 Å². The number of aryl methyl sites for hydroxylation is 2. The Morgan fingerprint density at radius 1 is 0.857 bits per heavy atom. The minimum Gasteiger partial charge on any atom is -0.368 e. The van der Waals surface area contributed by atoms with Crippen LogP contribution in [0.5, 0.6) is 0 Å². The Morgan fingerprint density at radius 2 is 1.62 bits per heavy atom. The van der Waals surface area contributed by atoms with E-state index in [1.165, 1.54) is 11.3 Å². The van der Waals surface area contributed by atoms with Crippen LogP contribution in [0, 0.1) is 19.8 Å². The zero-order valence-corrected chi connectivity index (χ0v) is 25.0. The third kappa shape index (κ3) is 7.47. The van der Waals surface area contributed by atoms with Crippen LogP contribution >= 0.6 is 0 Å². The molecule has 5 rings (SSSR count). The second-order valence-corrected chi connectivity index (χ2v) is 12.0. The number of ketones is 2. The molecule has 0 aromatic heterocycles. The first-order chi connectivity index (χ1) is 20.4. The van der Waals surface area contributed by atoms with Crippen molar-refractivity contribution in [2.75, 3.05) is 42.5 Å². The molecule has 3 aromatic carbocycles. The highest BCUT2D eigenvalue weighted by Gasteiger charge is 2.23. The van der Waals surface area contributed by atoms with E-state index >= 15 is 0 Å². The van der Waals surface area contributed by atoms with Gasteiger partial charge in [-0.15, -0.1) is 0 Å². The number of hydrogen-bond acceptors (Lipinski definition) is 5. The van der Waals surface area contributed by atoms with Crippen molar-refractivity contribution in [3.63, 3.8) is 0 Å². The van der Waals surface area contributed by atoms with Gasteiger partial charge in [0.25, 0.3) is 5.91 Å². The number of amides is 1. The molecule has 6 heteroatoms. The van der Waals surface area contributed by atoms with Crippen molar-refractivity contribution in [3.05, 3.63) is 94.5 Å². The summed E-state index contributed by atoms with van der Waals surface area (Å²) < 4.78 is 0. The van der Waals surface area contributed by atoms with Crippen LogP contribution in [0.2, 0.25) is 0 Å². The summed E-state index contributed by atoms with van der Waals surface area (Å²) >= 11 is 0. The fourth-order valence-electron chi connectivity index (χ4n) is 6.43. The Hall–Kier alpha value is -3.93. The van der Waals surface area contributed by atoms with Gasteiger partial charge in [0.1, 0.15) is 5.78 Å². The zero-order valence-electron chi connectivity index (χ0n) is 25.0. The minimum absolute atomic E-state index is 0.0538. The van der Waals surface area contributed by atoms with Crippen molar-refractivity contribution in [2.45, 2.75) is 58.8 Å². The van der Waals surface area contributed by atoms with Gasteiger partial charge in [-0.3, -0.25) is 14.4 Å². The highest BCUT2D eigenvalue weighted by atomic mass is 16.1. The number of rotatable bonds is 10. The van der Waals surface area contributed by atoms with Crippen LogP contribution < -0.4 is 15.1 Å². The molecule has 0 bridgehead atoms. The number of nitrogens with one attached hydrogen (secondary N) is 1. The van der Waals surface area contributed by atoms with Crippen molar-refractivity contribution in [3.8, 4) is 0 Å². The van der Waals surface area contributed by atoms with Crippen molar-refractivity contribution in [1.29, 1.82) is 0 Å². The van der Waals surface area contributed by atoms with Gasteiger partial charge in [0.15, 0.2) is 5.78 Å². The molecule has 1 atom stereocenters. The van der Waals surface area contributed by atoms with Crippen LogP contribution in [0.4, 0.5) is 11.4 Å². The maximum absolute atomic E-state index is 13.4. The molecule has 1 heterocycles. The summed E-state index contributed by atoms with van der Waals surface area (Å²) in [5.74, 6) is 0.764. The molecule has 2 fully saturated rings. The first kappa shape index (κ1) is 29.6. The molecule has 1 aliphatic heterocycles. The highest BCUT2D eigenvalue weighted by molar-refractivity contribution is 5.99. The van der Waals surface area contributed by atoms with E-state index in [9.17, 15) is 14.4 Å². The Balaban J connectivity index is 1.28. The number of hydrogen-bond donors (Lipinski definition) is 1. The lowest BCUT2D eigenvalue weighted by atomic mass is 9.85. The van der Waals surface area contributed by atoms with Crippen molar-refractivity contribution >= 4 is 28.8 Å². The van der Waals surface area contributed by atoms with Gasteiger partial charge in [-0.2, -0.15) is 0 Å². The second kappa shape index (κ2) is 13.8. The quantitative estimate of drug-likeness (QED) is 0.230. The van der Waals surface area contributed by atoms with Crippen LogP contribution in [0.3, 0.4) is 0 Å². The van der Waals surface area contributed by atoms with Gasteiger partial charge in [0.2, 0.25) is 0 Å². The number of benzene rings is 3. The average Bonchev–Trinajstić information content (AvgIpc) is 3.00. The van der Waals surface area contributed by atoms with Crippen molar-refractivity contribution in [2.24, 2.45) is 5.92 Å². The summed E-state index contributed by atoms with van der Waals surface area (Å²) in [6.07, 6.45) is 5.59. The molecule has 1 N–H and O–H groups in total. The minimum atomic E-state index is -0.116. The number of anilines is 2. The Kier molecular flexibility index (Phi) is 9.73. The normalized spacial score (nSPS) is 17.3. The number of carbonyl (C=O) groups is 3. The van der Waals surface area contributed by atoms with Crippen LogP contribution in [0.1, 0.15) is 75.9 Å². The topological polar surface area (TPSA) is 69.7 Å². The predicted octanol–water partition coefficient (Wildman–Crippen LogP) is 6.32. The molecule has 1 amide bonds. The molecule has 0 spiro atoms. The number of piperazine rings is 1. The summed E-state index contributed by atoms with van der Waals surface area (Å²) in [5.41, 5.74) is 6.79. The Bertz CT molecular complexity index is 1420. The number of carbonyl (C=O) groups excluding carboxylic acids is 3. The highest BCUT2D eigenvalue weighted by Crippen LogP contribution is 2.28. The molecule has 220 valence electrons. The molecule has 0 radical (unpaired) electrons. The monoisotopic (exact) mass is 565 g/mol. The van der Waals surface area contributed by atoms with Crippen molar-refractivity contribution in [1.82, 2.24) is 5.32 Å². The van der Waals surface area contributed by atoms with Gasteiger partial charge in [0.05, 0.1) is 0 Å². The summed E-state index contributed by atoms with van der Waals surface area (Å²) in [6, 6.07) is 22.0. The molecular formula is C36H43N3O3. The fourth-order valence-corrected chi connectivity index (χ4v) is 6.43. The molecule has 1 saturated heterocycles. The zero-order chi connectivity index (χ0) is 29.5. The molecule has 6 nitrogen and oxygen atoms in total. The van der Waals surface area contributed by atoms with E-state index < -0.39 is 0 Å². The van der Waals surface area contributed by atoms with Gasteiger partial charge in [-0.05, 0) is 86.9 Å². The summed E-state index contributed by atoms with van der Waals surface area (Å²) in [7, 11) is 0.